The summed E-state index contributed by atoms with van der Waals surface area (Å²) in [6, 6.07) is 5.20. The van der Waals surface area contributed by atoms with E-state index in [-0.39, 0.29) is 24.9 Å². The van der Waals surface area contributed by atoms with Crippen molar-refractivity contribution in [3.8, 4) is 0 Å². The van der Waals surface area contributed by atoms with Crippen LogP contribution in [0, 0.1) is 0 Å². The molecule has 1 fully saturated rings. The third kappa shape index (κ3) is 5.09. The van der Waals surface area contributed by atoms with Gasteiger partial charge in [-0.05, 0) is 30.9 Å². The van der Waals surface area contributed by atoms with Crippen LogP contribution in [0.3, 0.4) is 0 Å². The maximum absolute atomic E-state index is 12.5. The molecule has 0 radical (unpaired) electrons. The van der Waals surface area contributed by atoms with Crippen molar-refractivity contribution in [3.63, 3.8) is 0 Å². The van der Waals surface area contributed by atoms with Gasteiger partial charge in [-0.15, -0.1) is 0 Å². The molecule has 1 heterocycles. The molecule has 1 aliphatic rings. The van der Waals surface area contributed by atoms with E-state index in [1.165, 1.54) is 4.90 Å². The molecule has 1 aromatic rings. The normalized spacial score (nSPS) is 15.4. The van der Waals surface area contributed by atoms with Crippen molar-refractivity contribution in [1.82, 2.24) is 4.90 Å². The lowest BCUT2D eigenvalue weighted by atomic mass is 10.0. The van der Waals surface area contributed by atoms with Crippen molar-refractivity contribution in [2.75, 3.05) is 19.8 Å². The number of aryl methyl sites for hydroxylation is 1. The van der Waals surface area contributed by atoms with Crippen LogP contribution in [0.5, 0.6) is 0 Å². The molecule has 0 aromatic heterocycles. The van der Waals surface area contributed by atoms with Crippen LogP contribution in [-0.4, -0.2) is 47.7 Å². The van der Waals surface area contributed by atoms with Crippen molar-refractivity contribution >= 4 is 35.1 Å². The Morgan fingerprint density at radius 1 is 1.26 bits per heavy atom. The zero-order valence-corrected chi connectivity index (χ0v) is 14.1. The van der Waals surface area contributed by atoms with E-state index in [0.29, 0.717) is 42.5 Å². The summed E-state index contributed by atoms with van der Waals surface area (Å²) < 4.78 is 5.28. The Morgan fingerprint density at radius 2 is 1.96 bits per heavy atom. The number of hydrogen-bond donors (Lipinski definition) is 1. The zero-order chi connectivity index (χ0) is 16.8. The van der Waals surface area contributed by atoms with Gasteiger partial charge in [-0.1, -0.05) is 35.3 Å². The van der Waals surface area contributed by atoms with Gasteiger partial charge in [0.25, 0.3) is 0 Å². The summed E-state index contributed by atoms with van der Waals surface area (Å²) in [4.78, 5) is 25.0. The van der Waals surface area contributed by atoms with E-state index < -0.39 is 5.97 Å². The van der Waals surface area contributed by atoms with Crippen LogP contribution in [0.2, 0.25) is 10.0 Å². The van der Waals surface area contributed by atoms with Gasteiger partial charge in [0.05, 0.1) is 10.0 Å². The molecule has 1 amide bonds. The number of benzene rings is 1. The van der Waals surface area contributed by atoms with E-state index in [2.05, 4.69) is 0 Å². The highest BCUT2D eigenvalue weighted by Gasteiger charge is 2.27. The minimum atomic E-state index is -1.01. The van der Waals surface area contributed by atoms with Gasteiger partial charge in [0.15, 0.2) is 0 Å². The molecule has 0 atom stereocenters. The van der Waals surface area contributed by atoms with Gasteiger partial charge in [0, 0.05) is 25.7 Å². The number of halogens is 2. The second kappa shape index (κ2) is 8.52. The van der Waals surface area contributed by atoms with Crippen molar-refractivity contribution in [2.45, 2.75) is 31.7 Å². The molecule has 1 aliphatic heterocycles. The number of carboxylic acids is 1. The third-order valence-electron chi connectivity index (χ3n) is 3.90. The van der Waals surface area contributed by atoms with Crippen molar-refractivity contribution in [1.29, 1.82) is 0 Å². The van der Waals surface area contributed by atoms with Gasteiger partial charge in [0.1, 0.15) is 6.54 Å². The quantitative estimate of drug-likeness (QED) is 0.847. The summed E-state index contributed by atoms with van der Waals surface area (Å²) in [5.41, 5.74) is 0.787. The summed E-state index contributed by atoms with van der Waals surface area (Å²) in [6.45, 7) is 0.815. The highest BCUT2D eigenvalue weighted by atomic mass is 35.5. The summed E-state index contributed by atoms with van der Waals surface area (Å²) >= 11 is 12.1. The van der Waals surface area contributed by atoms with Crippen LogP contribution in [0.4, 0.5) is 0 Å². The minimum absolute atomic E-state index is 0.0813. The molecule has 0 unspecified atom stereocenters. The summed E-state index contributed by atoms with van der Waals surface area (Å²) in [5.74, 6) is -1.19. The molecule has 0 bridgehead atoms. The minimum Gasteiger partial charge on any atom is -0.480 e. The van der Waals surface area contributed by atoms with Crippen LogP contribution >= 0.6 is 23.2 Å². The first-order valence-corrected chi connectivity index (χ1v) is 8.26. The summed E-state index contributed by atoms with van der Waals surface area (Å²) in [6.07, 6.45) is 1.95. The fraction of sp³-hybridized carbons (Fsp3) is 0.500. The lowest BCUT2D eigenvalue weighted by Gasteiger charge is -2.33. The highest BCUT2D eigenvalue weighted by Crippen LogP contribution is 2.26. The Kier molecular flexibility index (Phi) is 6.69. The van der Waals surface area contributed by atoms with Crippen molar-refractivity contribution in [3.05, 3.63) is 33.8 Å². The summed E-state index contributed by atoms with van der Waals surface area (Å²) in [5, 5.41) is 9.96. The fourth-order valence-electron chi connectivity index (χ4n) is 2.69. The largest absolute Gasteiger partial charge is 0.480 e. The van der Waals surface area contributed by atoms with Gasteiger partial charge in [-0.2, -0.15) is 0 Å². The van der Waals surface area contributed by atoms with Crippen LogP contribution in [-0.2, 0) is 20.7 Å². The molecule has 7 heteroatoms. The highest BCUT2D eigenvalue weighted by molar-refractivity contribution is 6.42. The third-order valence-corrected chi connectivity index (χ3v) is 4.76. The Bertz CT molecular complexity index is 573. The van der Waals surface area contributed by atoms with E-state index in [4.69, 9.17) is 33.0 Å². The lowest BCUT2D eigenvalue weighted by molar-refractivity contribution is -0.147. The van der Waals surface area contributed by atoms with Crippen LogP contribution in [0.15, 0.2) is 18.2 Å². The average Bonchev–Trinajstić information content (AvgIpc) is 2.54. The molecule has 0 saturated carbocycles. The zero-order valence-electron chi connectivity index (χ0n) is 12.6. The predicted octanol–water partition coefficient (Wildman–Crippen LogP) is 3.02. The van der Waals surface area contributed by atoms with Crippen LogP contribution < -0.4 is 0 Å². The monoisotopic (exact) mass is 359 g/mol. The topological polar surface area (TPSA) is 66.8 Å². The van der Waals surface area contributed by atoms with Crippen LogP contribution in [0.25, 0.3) is 0 Å². The molecule has 126 valence electrons. The molecule has 2 rings (SSSR count). The number of aliphatic carboxylic acids is 1. The first-order valence-electron chi connectivity index (χ1n) is 7.51. The van der Waals surface area contributed by atoms with Crippen LogP contribution in [0.1, 0.15) is 24.8 Å². The number of ether oxygens (including phenoxy) is 1. The predicted molar refractivity (Wildman–Crippen MR) is 88.0 cm³/mol. The molecule has 1 saturated heterocycles. The van der Waals surface area contributed by atoms with E-state index in [1.54, 1.807) is 12.1 Å². The second-order valence-corrected chi connectivity index (χ2v) is 6.26. The SMILES string of the molecule is O=C(O)CN(C(=O)CCc1cccc(Cl)c1Cl)C1CCOCC1. The van der Waals surface area contributed by atoms with Crippen molar-refractivity contribution in [2.24, 2.45) is 0 Å². The Balaban J connectivity index is 2.02. The van der Waals surface area contributed by atoms with Gasteiger partial charge in [-0.3, -0.25) is 9.59 Å². The van der Waals surface area contributed by atoms with E-state index in [1.807, 2.05) is 6.07 Å². The number of nitrogens with zero attached hydrogens (tertiary/aromatic N) is 1. The lowest BCUT2D eigenvalue weighted by Crippen LogP contribution is -2.46. The number of carboxylic acid groups (broad SMARTS) is 1. The van der Waals surface area contributed by atoms with E-state index in [0.717, 1.165) is 5.56 Å². The standard InChI is InChI=1S/C16H19Cl2NO4/c17-13-3-1-2-11(16(13)18)4-5-14(20)19(10-15(21)22)12-6-8-23-9-7-12/h1-3,12H,4-10H2,(H,21,22). The molecular weight excluding hydrogens is 341 g/mol. The number of amides is 1. The second-order valence-electron chi connectivity index (χ2n) is 5.47. The number of carbonyl (C=O) groups excluding carboxylic acids is 1. The Morgan fingerprint density at radius 3 is 2.61 bits per heavy atom. The molecule has 0 aliphatic carbocycles. The van der Waals surface area contributed by atoms with Gasteiger partial charge < -0.3 is 14.7 Å². The number of carbonyl (C=O) groups is 2. The first-order chi connectivity index (χ1) is 11.0. The van der Waals surface area contributed by atoms with Gasteiger partial charge in [0.2, 0.25) is 5.91 Å². The Labute approximate surface area is 145 Å². The van der Waals surface area contributed by atoms with E-state index >= 15 is 0 Å². The maximum Gasteiger partial charge on any atom is 0.323 e. The first kappa shape index (κ1) is 18.0. The fourth-order valence-corrected chi connectivity index (χ4v) is 3.10. The summed E-state index contributed by atoms with van der Waals surface area (Å²) in [7, 11) is 0. The van der Waals surface area contributed by atoms with Gasteiger partial charge in [-0.25, -0.2) is 0 Å². The van der Waals surface area contributed by atoms with Crippen molar-refractivity contribution < 1.29 is 19.4 Å². The molecule has 1 aromatic carbocycles. The number of rotatable bonds is 6. The Hall–Kier alpha value is -1.30. The smallest absolute Gasteiger partial charge is 0.323 e. The molecule has 5 nitrogen and oxygen atoms in total. The molecule has 23 heavy (non-hydrogen) atoms. The van der Waals surface area contributed by atoms with Gasteiger partial charge >= 0.3 is 5.97 Å². The average molecular weight is 360 g/mol. The molecule has 1 N–H and O–H groups in total. The van der Waals surface area contributed by atoms with E-state index in [9.17, 15) is 9.59 Å². The molecule has 0 spiro atoms. The molecular formula is C16H19Cl2NO4. The number of hydrogen-bond acceptors (Lipinski definition) is 3. The maximum atomic E-state index is 12.5.